The molecule has 17 heavy (non-hydrogen) atoms. The zero-order valence-electron chi connectivity index (χ0n) is 11.4. The highest BCUT2D eigenvalue weighted by Gasteiger charge is 2.38. The van der Waals surface area contributed by atoms with Crippen LogP contribution in [0.3, 0.4) is 0 Å². The van der Waals surface area contributed by atoms with Gasteiger partial charge in [-0.05, 0) is 18.4 Å². The van der Waals surface area contributed by atoms with Gasteiger partial charge >= 0.3 is 5.97 Å². The van der Waals surface area contributed by atoms with E-state index in [0.29, 0.717) is 13.2 Å². The van der Waals surface area contributed by atoms with Crippen LogP contribution in [0.25, 0.3) is 0 Å². The van der Waals surface area contributed by atoms with Gasteiger partial charge in [-0.25, -0.2) is 0 Å². The molecule has 4 nitrogen and oxygen atoms in total. The Kier molecular flexibility index (Phi) is 4.95. The second-order valence-corrected chi connectivity index (χ2v) is 6.08. The lowest BCUT2D eigenvalue weighted by molar-refractivity contribution is -0.143. The van der Waals surface area contributed by atoms with Crippen molar-refractivity contribution in [1.29, 1.82) is 0 Å². The van der Waals surface area contributed by atoms with Crippen molar-refractivity contribution in [3.05, 3.63) is 0 Å². The van der Waals surface area contributed by atoms with E-state index in [1.807, 2.05) is 0 Å². The summed E-state index contributed by atoms with van der Waals surface area (Å²) in [6.45, 7) is 11.4. The Balaban J connectivity index is 2.72. The van der Waals surface area contributed by atoms with Gasteiger partial charge in [0.25, 0.3) is 0 Å². The minimum absolute atomic E-state index is 0.0340. The fourth-order valence-corrected chi connectivity index (χ4v) is 2.40. The highest BCUT2D eigenvalue weighted by Crippen LogP contribution is 2.24. The van der Waals surface area contributed by atoms with Crippen molar-refractivity contribution >= 4 is 5.97 Å². The molecule has 0 saturated carbocycles. The molecule has 2 unspecified atom stereocenters. The predicted molar refractivity (Wildman–Crippen MR) is 67.1 cm³/mol. The average Bonchev–Trinajstić information content (AvgIpc) is 2.62. The zero-order chi connectivity index (χ0) is 13.1. The SMILES string of the molecule is CCCN(CC(C)(C)C)C1COCC1C(=O)O. The molecule has 0 bridgehead atoms. The van der Waals surface area contributed by atoms with E-state index in [9.17, 15) is 9.90 Å². The standard InChI is InChI=1S/C13H25NO3/c1-5-6-14(9-13(2,3)4)11-8-17-7-10(11)12(15)16/h10-11H,5-9H2,1-4H3,(H,15,16). The third kappa shape index (κ3) is 4.28. The Morgan fingerprint density at radius 2 is 2.06 bits per heavy atom. The Morgan fingerprint density at radius 3 is 2.53 bits per heavy atom. The predicted octanol–water partition coefficient (Wildman–Crippen LogP) is 1.84. The quantitative estimate of drug-likeness (QED) is 0.800. The highest BCUT2D eigenvalue weighted by molar-refractivity contribution is 5.71. The molecule has 1 heterocycles. The summed E-state index contributed by atoms with van der Waals surface area (Å²) in [5.74, 6) is -1.11. The summed E-state index contributed by atoms with van der Waals surface area (Å²) in [7, 11) is 0. The molecule has 0 aliphatic carbocycles. The maximum absolute atomic E-state index is 11.2. The molecule has 1 rings (SSSR count). The number of hydrogen-bond acceptors (Lipinski definition) is 3. The number of hydrogen-bond donors (Lipinski definition) is 1. The number of aliphatic carboxylic acids is 1. The average molecular weight is 243 g/mol. The fraction of sp³-hybridized carbons (Fsp3) is 0.923. The maximum Gasteiger partial charge on any atom is 0.310 e. The number of carbonyl (C=O) groups is 1. The van der Waals surface area contributed by atoms with Gasteiger partial charge < -0.3 is 9.84 Å². The van der Waals surface area contributed by atoms with Gasteiger partial charge in [-0.15, -0.1) is 0 Å². The van der Waals surface area contributed by atoms with Crippen LogP contribution in [-0.4, -0.2) is 48.3 Å². The van der Waals surface area contributed by atoms with Crippen LogP contribution >= 0.6 is 0 Å². The van der Waals surface area contributed by atoms with Crippen molar-refractivity contribution in [3.8, 4) is 0 Å². The van der Waals surface area contributed by atoms with Gasteiger partial charge in [0.05, 0.1) is 19.1 Å². The molecular weight excluding hydrogens is 218 g/mol. The lowest BCUT2D eigenvalue weighted by Crippen LogP contribution is -2.46. The van der Waals surface area contributed by atoms with Crippen LogP contribution in [0, 0.1) is 11.3 Å². The molecule has 1 N–H and O–H groups in total. The van der Waals surface area contributed by atoms with Crippen LogP contribution in [0.4, 0.5) is 0 Å². The molecule has 2 atom stereocenters. The Morgan fingerprint density at radius 1 is 1.41 bits per heavy atom. The molecular formula is C13H25NO3. The molecule has 1 saturated heterocycles. The molecule has 1 aliphatic rings. The number of rotatable bonds is 5. The highest BCUT2D eigenvalue weighted by atomic mass is 16.5. The summed E-state index contributed by atoms with van der Waals surface area (Å²) < 4.78 is 5.35. The lowest BCUT2D eigenvalue weighted by Gasteiger charge is -2.35. The maximum atomic E-state index is 11.2. The smallest absolute Gasteiger partial charge is 0.310 e. The van der Waals surface area contributed by atoms with Gasteiger partial charge in [-0.2, -0.15) is 0 Å². The summed E-state index contributed by atoms with van der Waals surface area (Å²) in [6, 6.07) is 0.0340. The van der Waals surface area contributed by atoms with E-state index >= 15 is 0 Å². The summed E-state index contributed by atoms with van der Waals surface area (Å²) in [5, 5.41) is 9.19. The van der Waals surface area contributed by atoms with E-state index in [2.05, 4.69) is 32.6 Å². The van der Waals surface area contributed by atoms with E-state index in [1.54, 1.807) is 0 Å². The molecule has 0 amide bonds. The van der Waals surface area contributed by atoms with Crippen LogP contribution in [0.5, 0.6) is 0 Å². The van der Waals surface area contributed by atoms with Crippen LogP contribution < -0.4 is 0 Å². The van der Waals surface area contributed by atoms with Crippen LogP contribution in [-0.2, 0) is 9.53 Å². The van der Waals surface area contributed by atoms with Crippen molar-refractivity contribution in [2.45, 2.75) is 40.2 Å². The second kappa shape index (κ2) is 5.83. The van der Waals surface area contributed by atoms with Gasteiger partial charge in [0.2, 0.25) is 0 Å². The minimum Gasteiger partial charge on any atom is -0.481 e. The molecule has 100 valence electrons. The third-order valence-corrected chi connectivity index (χ3v) is 3.02. The van der Waals surface area contributed by atoms with Crippen molar-refractivity contribution in [1.82, 2.24) is 4.90 Å². The topological polar surface area (TPSA) is 49.8 Å². The van der Waals surface area contributed by atoms with Gasteiger partial charge in [0.1, 0.15) is 0 Å². The third-order valence-electron chi connectivity index (χ3n) is 3.02. The first-order valence-corrected chi connectivity index (χ1v) is 6.39. The van der Waals surface area contributed by atoms with Crippen molar-refractivity contribution in [2.24, 2.45) is 11.3 Å². The van der Waals surface area contributed by atoms with E-state index < -0.39 is 5.97 Å². The van der Waals surface area contributed by atoms with Crippen LogP contribution in [0.2, 0.25) is 0 Å². The molecule has 0 radical (unpaired) electrons. The fourth-order valence-electron chi connectivity index (χ4n) is 2.40. The molecule has 0 aromatic heterocycles. The van der Waals surface area contributed by atoms with Crippen LogP contribution in [0.15, 0.2) is 0 Å². The lowest BCUT2D eigenvalue weighted by atomic mass is 9.93. The number of nitrogens with zero attached hydrogens (tertiary/aromatic N) is 1. The van der Waals surface area contributed by atoms with Gasteiger partial charge in [0, 0.05) is 12.6 Å². The van der Waals surface area contributed by atoms with Crippen molar-refractivity contribution in [2.75, 3.05) is 26.3 Å². The van der Waals surface area contributed by atoms with Gasteiger partial charge in [-0.1, -0.05) is 27.7 Å². The summed E-state index contributed by atoms with van der Waals surface area (Å²) in [5.41, 5.74) is 0.181. The van der Waals surface area contributed by atoms with Crippen molar-refractivity contribution < 1.29 is 14.6 Å². The number of carboxylic acid groups (broad SMARTS) is 1. The van der Waals surface area contributed by atoms with E-state index in [1.165, 1.54) is 0 Å². The molecule has 4 heteroatoms. The number of carboxylic acids is 1. The molecule has 1 aliphatic heterocycles. The van der Waals surface area contributed by atoms with Crippen LogP contribution in [0.1, 0.15) is 34.1 Å². The van der Waals surface area contributed by atoms with Gasteiger partial charge in [0.15, 0.2) is 0 Å². The Bertz CT molecular complexity index is 260. The Hall–Kier alpha value is -0.610. The largest absolute Gasteiger partial charge is 0.481 e. The van der Waals surface area contributed by atoms with Gasteiger partial charge in [-0.3, -0.25) is 9.69 Å². The molecule has 0 spiro atoms. The molecule has 1 fully saturated rings. The second-order valence-electron chi connectivity index (χ2n) is 6.08. The molecule has 0 aromatic rings. The monoisotopic (exact) mass is 243 g/mol. The summed E-state index contributed by atoms with van der Waals surface area (Å²) in [4.78, 5) is 13.5. The first-order chi connectivity index (χ1) is 7.85. The Labute approximate surface area is 104 Å². The molecule has 0 aromatic carbocycles. The van der Waals surface area contributed by atoms with E-state index in [0.717, 1.165) is 19.5 Å². The van der Waals surface area contributed by atoms with E-state index in [-0.39, 0.29) is 17.4 Å². The zero-order valence-corrected chi connectivity index (χ0v) is 11.4. The minimum atomic E-state index is -0.734. The summed E-state index contributed by atoms with van der Waals surface area (Å²) >= 11 is 0. The summed E-state index contributed by atoms with van der Waals surface area (Å²) in [6.07, 6.45) is 1.04. The first kappa shape index (κ1) is 14.5. The number of ether oxygens (including phenoxy) is 1. The first-order valence-electron chi connectivity index (χ1n) is 6.39. The normalized spacial score (nSPS) is 25.5. The van der Waals surface area contributed by atoms with Crippen molar-refractivity contribution in [3.63, 3.8) is 0 Å². The van der Waals surface area contributed by atoms with E-state index in [4.69, 9.17) is 4.74 Å².